The summed E-state index contributed by atoms with van der Waals surface area (Å²) in [5.74, 6) is -0.683. The summed E-state index contributed by atoms with van der Waals surface area (Å²) < 4.78 is 13.3. The number of nitrogens with one attached hydrogen (secondary N) is 2. The molecule has 1 unspecified atom stereocenters. The monoisotopic (exact) mass is 429 g/mol. The number of carbonyl (C=O) groups is 2. The second kappa shape index (κ2) is 8.74. The highest BCUT2D eigenvalue weighted by molar-refractivity contribution is 6.31. The fourth-order valence-corrected chi connectivity index (χ4v) is 4.38. The van der Waals surface area contributed by atoms with Crippen LogP contribution in [0.25, 0.3) is 0 Å². The Morgan fingerprint density at radius 3 is 2.70 bits per heavy atom. The largest absolute Gasteiger partial charge is 0.349 e. The highest BCUT2D eigenvalue weighted by atomic mass is 35.5. The number of carbonyl (C=O) groups excluding carboxylic acids is 2. The molecule has 0 bridgehead atoms. The van der Waals surface area contributed by atoms with E-state index in [1.807, 2.05) is 0 Å². The van der Waals surface area contributed by atoms with Crippen molar-refractivity contribution in [2.45, 2.75) is 44.7 Å². The summed E-state index contributed by atoms with van der Waals surface area (Å²) in [4.78, 5) is 26.5. The maximum atomic E-state index is 13.3. The third-order valence-electron chi connectivity index (χ3n) is 6.11. The predicted molar refractivity (Wildman–Crippen MR) is 115 cm³/mol. The smallest absolute Gasteiger partial charge is 0.251 e. The Hall–Kier alpha value is -2.44. The Labute approximate surface area is 180 Å². The molecule has 2 amide bonds. The third-order valence-corrected chi connectivity index (χ3v) is 6.40. The van der Waals surface area contributed by atoms with Crippen molar-refractivity contribution in [2.75, 3.05) is 18.4 Å². The minimum Gasteiger partial charge on any atom is -0.349 e. The van der Waals surface area contributed by atoms with E-state index in [9.17, 15) is 14.0 Å². The molecule has 2 aromatic rings. The van der Waals surface area contributed by atoms with Crippen molar-refractivity contribution in [3.8, 4) is 0 Å². The molecule has 2 aliphatic heterocycles. The maximum Gasteiger partial charge on any atom is 0.251 e. The zero-order valence-electron chi connectivity index (χ0n) is 16.9. The molecule has 4 rings (SSSR count). The summed E-state index contributed by atoms with van der Waals surface area (Å²) in [6, 6.07) is 10.7. The molecule has 2 heterocycles. The number of likely N-dealkylation sites (tertiary alicyclic amines) is 1. The van der Waals surface area contributed by atoms with E-state index in [4.69, 9.17) is 11.6 Å². The van der Waals surface area contributed by atoms with E-state index in [2.05, 4.69) is 40.7 Å². The number of hydrogen-bond acceptors (Lipinski definition) is 3. The Balaban J connectivity index is 1.34. The van der Waals surface area contributed by atoms with Crippen molar-refractivity contribution in [1.82, 2.24) is 10.2 Å². The molecule has 5 nitrogen and oxygen atoms in total. The number of nitrogens with zero attached hydrogens (tertiary/aromatic N) is 1. The zero-order valence-corrected chi connectivity index (χ0v) is 17.6. The van der Waals surface area contributed by atoms with Crippen LogP contribution in [0.4, 0.5) is 10.1 Å². The van der Waals surface area contributed by atoms with Crippen LogP contribution in [0.3, 0.4) is 0 Å². The van der Waals surface area contributed by atoms with Crippen LogP contribution < -0.4 is 10.6 Å². The van der Waals surface area contributed by atoms with Crippen LogP contribution in [-0.2, 0) is 11.2 Å². The SMILES string of the molecule is CC(c1ccc2c(c1)NC(=O)CC2)N1CCC(NC(=O)c2ccc(F)c(Cl)c2)CC1. The molecule has 0 radical (unpaired) electrons. The van der Waals surface area contributed by atoms with Crippen LogP contribution in [0.5, 0.6) is 0 Å². The molecule has 0 spiro atoms. The lowest BCUT2D eigenvalue weighted by Gasteiger charge is -2.36. The van der Waals surface area contributed by atoms with E-state index in [-0.39, 0.29) is 28.9 Å². The van der Waals surface area contributed by atoms with Gasteiger partial charge in [-0.2, -0.15) is 0 Å². The standard InChI is InChI=1S/C23H25ClFN3O2/c1-14(16-3-2-15-5-7-22(29)27-21(15)13-16)28-10-8-18(9-11-28)26-23(30)17-4-6-20(25)19(24)12-17/h2-4,6,12-14,18H,5,7-11H2,1H3,(H,26,30)(H,27,29). The average molecular weight is 430 g/mol. The molecule has 2 aromatic carbocycles. The van der Waals surface area contributed by atoms with Crippen LogP contribution in [0.15, 0.2) is 36.4 Å². The van der Waals surface area contributed by atoms with Gasteiger partial charge in [-0.05, 0) is 61.6 Å². The van der Waals surface area contributed by atoms with E-state index in [0.29, 0.717) is 12.0 Å². The average Bonchev–Trinajstić information content (AvgIpc) is 2.75. The Morgan fingerprint density at radius 2 is 1.97 bits per heavy atom. The molecule has 1 atom stereocenters. The van der Waals surface area contributed by atoms with Crippen molar-refractivity contribution < 1.29 is 14.0 Å². The number of amides is 2. The van der Waals surface area contributed by atoms with Crippen LogP contribution in [0, 0.1) is 5.82 Å². The quantitative estimate of drug-likeness (QED) is 0.760. The molecular weight excluding hydrogens is 405 g/mol. The van der Waals surface area contributed by atoms with Crippen molar-refractivity contribution in [3.63, 3.8) is 0 Å². The van der Waals surface area contributed by atoms with E-state index in [1.165, 1.54) is 29.3 Å². The van der Waals surface area contributed by atoms with Gasteiger partial charge in [0, 0.05) is 42.8 Å². The Bertz CT molecular complexity index is 973. The summed E-state index contributed by atoms with van der Waals surface area (Å²) in [6.07, 6.45) is 3.02. The van der Waals surface area contributed by atoms with Gasteiger partial charge in [0.2, 0.25) is 5.91 Å². The molecule has 2 aliphatic rings. The van der Waals surface area contributed by atoms with Gasteiger partial charge in [0.05, 0.1) is 5.02 Å². The predicted octanol–water partition coefficient (Wildman–Crippen LogP) is 4.32. The maximum absolute atomic E-state index is 13.3. The first-order valence-electron chi connectivity index (χ1n) is 10.3. The van der Waals surface area contributed by atoms with Crippen molar-refractivity contribution >= 4 is 29.1 Å². The number of anilines is 1. The Morgan fingerprint density at radius 1 is 1.20 bits per heavy atom. The minimum atomic E-state index is -0.530. The van der Waals surface area contributed by atoms with E-state index >= 15 is 0 Å². The van der Waals surface area contributed by atoms with Crippen LogP contribution >= 0.6 is 11.6 Å². The third kappa shape index (κ3) is 4.50. The lowest BCUT2D eigenvalue weighted by Crippen LogP contribution is -2.45. The number of rotatable bonds is 4. The number of benzene rings is 2. The van der Waals surface area contributed by atoms with Crippen molar-refractivity contribution in [3.05, 3.63) is 63.9 Å². The summed E-state index contributed by atoms with van der Waals surface area (Å²) in [6.45, 7) is 3.89. The summed E-state index contributed by atoms with van der Waals surface area (Å²) in [5.41, 5.74) is 3.66. The lowest BCUT2D eigenvalue weighted by molar-refractivity contribution is -0.116. The number of piperidine rings is 1. The van der Waals surface area contributed by atoms with Gasteiger partial charge < -0.3 is 10.6 Å². The van der Waals surface area contributed by atoms with Crippen LogP contribution in [0.2, 0.25) is 5.02 Å². The van der Waals surface area contributed by atoms with Gasteiger partial charge in [0.1, 0.15) is 5.82 Å². The topological polar surface area (TPSA) is 61.4 Å². The van der Waals surface area contributed by atoms with E-state index in [0.717, 1.165) is 38.0 Å². The lowest BCUT2D eigenvalue weighted by atomic mass is 9.96. The minimum absolute atomic E-state index is 0.0486. The summed E-state index contributed by atoms with van der Waals surface area (Å²) in [5, 5.41) is 5.96. The van der Waals surface area contributed by atoms with Gasteiger partial charge >= 0.3 is 0 Å². The zero-order chi connectivity index (χ0) is 21.3. The molecule has 7 heteroatoms. The van der Waals surface area contributed by atoms with Crippen molar-refractivity contribution in [2.24, 2.45) is 0 Å². The fourth-order valence-electron chi connectivity index (χ4n) is 4.20. The summed E-state index contributed by atoms with van der Waals surface area (Å²) in [7, 11) is 0. The normalized spacial score (nSPS) is 18.4. The van der Waals surface area contributed by atoms with E-state index in [1.54, 1.807) is 0 Å². The van der Waals surface area contributed by atoms with Crippen LogP contribution in [0.1, 0.15) is 53.7 Å². The molecule has 158 valence electrons. The number of fused-ring (bicyclic) bond motifs is 1. The van der Waals surface area contributed by atoms with Gasteiger partial charge in [0.15, 0.2) is 0 Å². The highest BCUT2D eigenvalue weighted by Gasteiger charge is 2.26. The molecule has 0 saturated carbocycles. The van der Waals surface area contributed by atoms with Crippen molar-refractivity contribution in [1.29, 1.82) is 0 Å². The van der Waals surface area contributed by atoms with E-state index < -0.39 is 5.82 Å². The molecule has 0 aliphatic carbocycles. The molecular formula is C23H25ClFN3O2. The number of halogens is 2. The van der Waals surface area contributed by atoms with Gasteiger partial charge in [-0.1, -0.05) is 23.7 Å². The van der Waals surface area contributed by atoms with Crippen LogP contribution in [-0.4, -0.2) is 35.8 Å². The molecule has 1 saturated heterocycles. The first-order chi connectivity index (χ1) is 14.4. The summed E-state index contributed by atoms with van der Waals surface area (Å²) >= 11 is 5.78. The highest BCUT2D eigenvalue weighted by Crippen LogP contribution is 2.30. The number of aryl methyl sites for hydroxylation is 1. The molecule has 0 aromatic heterocycles. The van der Waals surface area contributed by atoms with Gasteiger partial charge in [-0.3, -0.25) is 14.5 Å². The second-order valence-electron chi connectivity index (χ2n) is 8.05. The molecule has 2 N–H and O–H groups in total. The molecule has 30 heavy (non-hydrogen) atoms. The first kappa shape index (κ1) is 20.8. The first-order valence-corrected chi connectivity index (χ1v) is 10.7. The number of hydrogen-bond donors (Lipinski definition) is 2. The Kier molecular flexibility index (Phi) is 6.06. The molecule has 1 fully saturated rings. The second-order valence-corrected chi connectivity index (χ2v) is 8.46. The van der Waals surface area contributed by atoms with Gasteiger partial charge in [-0.25, -0.2) is 4.39 Å². The van der Waals surface area contributed by atoms with Gasteiger partial charge in [0.25, 0.3) is 5.91 Å². The van der Waals surface area contributed by atoms with Gasteiger partial charge in [-0.15, -0.1) is 0 Å². The fraction of sp³-hybridized carbons (Fsp3) is 0.391.